The monoisotopic (exact) mass is 206 g/mol. The highest BCUT2D eigenvalue weighted by Crippen LogP contribution is 2.31. The molecule has 15 heavy (non-hydrogen) atoms. The van der Waals surface area contributed by atoms with E-state index in [1.54, 1.807) is 7.11 Å². The molecule has 0 aromatic carbocycles. The van der Waals surface area contributed by atoms with E-state index in [9.17, 15) is 0 Å². The van der Waals surface area contributed by atoms with Gasteiger partial charge in [-0.3, -0.25) is 0 Å². The maximum atomic E-state index is 5.42. The van der Waals surface area contributed by atoms with Gasteiger partial charge in [-0.2, -0.15) is 0 Å². The van der Waals surface area contributed by atoms with Crippen molar-refractivity contribution in [1.29, 1.82) is 0 Å². The van der Waals surface area contributed by atoms with E-state index < -0.39 is 0 Å². The number of rotatable bonds is 2. The molecule has 0 atom stereocenters. The molecule has 2 heterocycles. The normalized spacial score (nSPS) is 14.7. The van der Waals surface area contributed by atoms with E-state index in [1.807, 2.05) is 0 Å². The van der Waals surface area contributed by atoms with Crippen LogP contribution in [0.5, 0.6) is 5.75 Å². The van der Waals surface area contributed by atoms with Gasteiger partial charge in [0.2, 0.25) is 0 Å². The fourth-order valence-electron chi connectivity index (χ4n) is 1.90. The average Bonchev–Trinajstić information content (AvgIpc) is 2.27. The second kappa shape index (κ2) is 4.09. The first kappa shape index (κ1) is 10.3. The van der Waals surface area contributed by atoms with Crippen LogP contribution in [0.15, 0.2) is 6.07 Å². The summed E-state index contributed by atoms with van der Waals surface area (Å²) >= 11 is 0. The van der Waals surface area contributed by atoms with Crippen LogP contribution in [0.4, 0.5) is 5.82 Å². The summed E-state index contributed by atoms with van der Waals surface area (Å²) in [4.78, 5) is 4.63. The third kappa shape index (κ3) is 1.91. The predicted molar refractivity (Wildman–Crippen MR) is 61.7 cm³/mol. The number of nitrogens with one attached hydrogen (secondary N) is 1. The van der Waals surface area contributed by atoms with Crippen LogP contribution in [0.1, 0.15) is 37.4 Å². The molecule has 2 rings (SSSR count). The SMILES string of the molecule is COc1cc(C(C)C)nc2c1CCCN2. The Labute approximate surface area is 90.9 Å². The van der Waals surface area contributed by atoms with Crippen molar-refractivity contribution >= 4 is 5.82 Å². The number of anilines is 1. The van der Waals surface area contributed by atoms with Crippen LogP contribution in [0.25, 0.3) is 0 Å². The highest BCUT2D eigenvalue weighted by atomic mass is 16.5. The number of methoxy groups -OCH3 is 1. The summed E-state index contributed by atoms with van der Waals surface area (Å²) in [7, 11) is 1.73. The van der Waals surface area contributed by atoms with E-state index in [-0.39, 0.29) is 0 Å². The summed E-state index contributed by atoms with van der Waals surface area (Å²) in [5.74, 6) is 2.44. The first-order valence-corrected chi connectivity index (χ1v) is 5.54. The standard InChI is InChI=1S/C12H18N2O/c1-8(2)10-7-11(15-3)9-5-4-6-13-12(9)14-10/h7-8H,4-6H2,1-3H3,(H,13,14). The molecule has 0 spiro atoms. The molecule has 0 aliphatic carbocycles. The first-order valence-electron chi connectivity index (χ1n) is 5.54. The van der Waals surface area contributed by atoms with Gasteiger partial charge < -0.3 is 10.1 Å². The van der Waals surface area contributed by atoms with Gasteiger partial charge in [-0.15, -0.1) is 0 Å². The third-order valence-electron chi connectivity index (χ3n) is 2.81. The Kier molecular flexibility index (Phi) is 2.80. The summed E-state index contributed by atoms with van der Waals surface area (Å²) in [6, 6.07) is 2.07. The molecule has 0 radical (unpaired) electrons. The molecular formula is C12H18N2O. The summed E-state index contributed by atoms with van der Waals surface area (Å²) < 4.78 is 5.42. The Balaban J connectivity index is 2.48. The lowest BCUT2D eigenvalue weighted by atomic mass is 10.0. The first-order chi connectivity index (χ1) is 7.22. The van der Waals surface area contributed by atoms with Gasteiger partial charge >= 0.3 is 0 Å². The quantitative estimate of drug-likeness (QED) is 0.807. The van der Waals surface area contributed by atoms with Crippen LogP contribution in [0, 0.1) is 0 Å². The number of hydrogen-bond donors (Lipinski definition) is 1. The highest BCUT2D eigenvalue weighted by Gasteiger charge is 2.17. The topological polar surface area (TPSA) is 34.1 Å². The zero-order valence-corrected chi connectivity index (χ0v) is 9.63. The molecule has 82 valence electrons. The molecule has 0 unspecified atom stereocenters. The van der Waals surface area contributed by atoms with Crippen molar-refractivity contribution in [3.05, 3.63) is 17.3 Å². The van der Waals surface area contributed by atoms with Crippen LogP contribution in [0.2, 0.25) is 0 Å². The lowest BCUT2D eigenvalue weighted by Gasteiger charge is -2.21. The summed E-state index contributed by atoms with van der Waals surface area (Å²) in [6.45, 7) is 5.32. The van der Waals surface area contributed by atoms with Gasteiger partial charge in [-0.05, 0) is 18.8 Å². The second-order valence-corrected chi connectivity index (χ2v) is 4.26. The maximum Gasteiger partial charge on any atom is 0.133 e. The van der Waals surface area contributed by atoms with E-state index in [0.717, 1.165) is 36.6 Å². The van der Waals surface area contributed by atoms with E-state index >= 15 is 0 Å². The van der Waals surface area contributed by atoms with E-state index in [4.69, 9.17) is 4.74 Å². The number of fused-ring (bicyclic) bond motifs is 1. The summed E-state index contributed by atoms with van der Waals surface area (Å²) in [5, 5.41) is 3.34. The smallest absolute Gasteiger partial charge is 0.133 e. The van der Waals surface area contributed by atoms with E-state index in [2.05, 4.69) is 30.2 Å². The minimum atomic E-state index is 0.438. The number of nitrogens with zero attached hydrogens (tertiary/aromatic N) is 1. The van der Waals surface area contributed by atoms with Crippen LogP contribution in [-0.4, -0.2) is 18.6 Å². The number of aromatic nitrogens is 1. The van der Waals surface area contributed by atoms with Gasteiger partial charge in [-0.1, -0.05) is 13.8 Å². The lowest BCUT2D eigenvalue weighted by Crippen LogP contribution is -2.15. The Morgan fingerprint density at radius 3 is 2.93 bits per heavy atom. The molecule has 0 fully saturated rings. The molecule has 1 aromatic rings. The minimum Gasteiger partial charge on any atom is -0.496 e. The van der Waals surface area contributed by atoms with Gasteiger partial charge in [-0.25, -0.2) is 4.98 Å². The highest BCUT2D eigenvalue weighted by molar-refractivity contribution is 5.55. The van der Waals surface area contributed by atoms with E-state index in [0.29, 0.717) is 5.92 Å². The van der Waals surface area contributed by atoms with Crippen molar-refractivity contribution in [1.82, 2.24) is 4.98 Å². The second-order valence-electron chi connectivity index (χ2n) is 4.26. The van der Waals surface area contributed by atoms with Crippen molar-refractivity contribution < 1.29 is 4.74 Å². The fourth-order valence-corrected chi connectivity index (χ4v) is 1.90. The Morgan fingerprint density at radius 2 is 2.27 bits per heavy atom. The fraction of sp³-hybridized carbons (Fsp3) is 0.583. The van der Waals surface area contributed by atoms with Crippen LogP contribution in [-0.2, 0) is 6.42 Å². The van der Waals surface area contributed by atoms with Gasteiger partial charge in [0.15, 0.2) is 0 Å². The molecule has 0 bridgehead atoms. The van der Waals surface area contributed by atoms with Crippen molar-refractivity contribution in [2.75, 3.05) is 19.0 Å². The molecular weight excluding hydrogens is 188 g/mol. The van der Waals surface area contributed by atoms with Gasteiger partial charge in [0, 0.05) is 23.9 Å². The number of ether oxygens (including phenoxy) is 1. The summed E-state index contributed by atoms with van der Waals surface area (Å²) in [6.07, 6.45) is 2.23. The lowest BCUT2D eigenvalue weighted by molar-refractivity contribution is 0.407. The van der Waals surface area contributed by atoms with Crippen LogP contribution < -0.4 is 10.1 Å². The molecule has 0 amide bonds. The van der Waals surface area contributed by atoms with Crippen molar-refractivity contribution in [3.63, 3.8) is 0 Å². The molecule has 0 saturated heterocycles. The van der Waals surface area contributed by atoms with Crippen molar-refractivity contribution in [2.24, 2.45) is 0 Å². The zero-order valence-electron chi connectivity index (χ0n) is 9.63. The van der Waals surface area contributed by atoms with Crippen LogP contribution in [0.3, 0.4) is 0 Å². The average molecular weight is 206 g/mol. The maximum absolute atomic E-state index is 5.42. The number of pyridine rings is 1. The predicted octanol–water partition coefficient (Wildman–Crippen LogP) is 2.57. The van der Waals surface area contributed by atoms with Crippen molar-refractivity contribution in [3.8, 4) is 5.75 Å². The molecule has 1 aromatic heterocycles. The van der Waals surface area contributed by atoms with Gasteiger partial charge in [0.25, 0.3) is 0 Å². The molecule has 3 heteroatoms. The summed E-state index contributed by atoms with van der Waals surface area (Å²) in [5.41, 5.74) is 2.33. The van der Waals surface area contributed by atoms with Crippen molar-refractivity contribution in [2.45, 2.75) is 32.6 Å². The van der Waals surface area contributed by atoms with Gasteiger partial charge in [0.1, 0.15) is 11.6 Å². The van der Waals surface area contributed by atoms with Gasteiger partial charge in [0.05, 0.1) is 7.11 Å². The third-order valence-corrected chi connectivity index (χ3v) is 2.81. The Morgan fingerprint density at radius 1 is 1.47 bits per heavy atom. The van der Waals surface area contributed by atoms with Crippen LogP contribution >= 0.6 is 0 Å². The molecule has 1 aliphatic heterocycles. The Hall–Kier alpha value is -1.25. The molecule has 3 nitrogen and oxygen atoms in total. The zero-order chi connectivity index (χ0) is 10.8. The molecule has 1 aliphatic rings. The van der Waals surface area contributed by atoms with E-state index in [1.165, 1.54) is 5.56 Å². The molecule has 0 saturated carbocycles. The Bertz CT molecular complexity index is 344. The minimum absolute atomic E-state index is 0.438. The number of hydrogen-bond acceptors (Lipinski definition) is 3. The largest absolute Gasteiger partial charge is 0.496 e. The molecule has 1 N–H and O–H groups in total.